The van der Waals surface area contributed by atoms with Crippen molar-refractivity contribution in [1.29, 1.82) is 0 Å². The summed E-state index contributed by atoms with van der Waals surface area (Å²) in [5.74, 6) is -0.0581. The Morgan fingerprint density at radius 3 is 3.00 bits per heavy atom. The Labute approximate surface area is 129 Å². The standard InChI is InChI=1S/C15H14N2O2S2/c1-2-4-10-7-11-14(21-10)16-9-17(15(11)19)8-12(18)13-5-3-6-20-13/h3,5-7,9H,2,4,8H2,1H3. The van der Waals surface area contributed by atoms with Gasteiger partial charge >= 0.3 is 0 Å². The van der Waals surface area contributed by atoms with Crippen LogP contribution in [0, 0.1) is 0 Å². The van der Waals surface area contributed by atoms with Gasteiger partial charge in [-0.3, -0.25) is 14.2 Å². The minimum absolute atomic E-state index is 0.0429. The Morgan fingerprint density at radius 1 is 1.43 bits per heavy atom. The lowest BCUT2D eigenvalue weighted by molar-refractivity contribution is 0.0974. The molecule has 0 aliphatic heterocycles. The fourth-order valence-corrected chi connectivity index (χ4v) is 3.91. The van der Waals surface area contributed by atoms with Crippen LogP contribution in [0.5, 0.6) is 0 Å². The Hall–Kier alpha value is -1.79. The van der Waals surface area contributed by atoms with Crippen molar-refractivity contribution in [3.05, 3.63) is 50.0 Å². The monoisotopic (exact) mass is 318 g/mol. The zero-order valence-electron chi connectivity index (χ0n) is 11.5. The third-order valence-corrected chi connectivity index (χ3v) is 5.19. The van der Waals surface area contributed by atoms with Gasteiger partial charge in [-0.05, 0) is 23.9 Å². The van der Waals surface area contributed by atoms with Gasteiger partial charge in [-0.1, -0.05) is 19.4 Å². The first-order valence-corrected chi connectivity index (χ1v) is 8.43. The van der Waals surface area contributed by atoms with E-state index in [-0.39, 0.29) is 17.9 Å². The summed E-state index contributed by atoms with van der Waals surface area (Å²) >= 11 is 2.94. The summed E-state index contributed by atoms with van der Waals surface area (Å²) in [4.78, 5) is 31.4. The van der Waals surface area contributed by atoms with Gasteiger partial charge in [0.05, 0.1) is 23.1 Å². The van der Waals surface area contributed by atoms with E-state index in [9.17, 15) is 9.59 Å². The van der Waals surface area contributed by atoms with Gasteiger partial charge in [-0.15, -0.1) is 22.7 Å². The molecule has 3 rings (SSSR count). The number of aryl methyl sites for hydroxylation is 1. The van der Waals surface area contributed by atoms with E-state index in [1.54, 1.807) is 17.4 Å². The highest BCUT2D eigenvalue weighted by molar-refractivity contribution is 7.18. The number of nitrogens with zero attached hydrogens (tertiary/aromatic N) is 2. The van der Waals surface area contributed by atoms with Gasteiger partial charge in [0, 0.05) is 4.88 Å². The van der Waals surface area contributed by atoms with E-state index >= 15 is 0 Å². The number of rotatable bonds is 5. The van der Waals surface area contributed by atoms with E-state index in [0.717, 1.165) is 17.7 Å². The second kappa shape index (κ2) is 5.91. The zero-order valence-corrected chi connectivity index (χ0v) is 13.2. The maximum absolute atomic E-state index is 12.4. The van der Waals surface area contributed by atoms with Crippen molar-refractivity contribution in [2.24, 2.45) is 0 Å². The second-order valence-corrected chi connectivity index (χ2v) is 6.82. The number of carbonyl (C=O) groups excluding carboxylic acids is 1. The van der Waals surface area contributed by atoms with Gasteiger partial charge in [0.15, 0.2) is 5.78 Å². The highest BCUT2D eigenvalue weighted by atomic mass is 32.1. The first kappa shape index (κ1) is 14.2. The van der Waals surface area contributed by atoms with Gasteiger partial charge in [0.2, 0.25) is 0 Å². The normalized spacial score (nSPS) is 11.1. The van der Waals surface area contributed by atoms with Crippen LogP contribution in [0.3, 0.4) is 0 Å². The van der Waals surface area contributed by atoms with Gasteiger partial charge in [-0.25, -0.2) is 4.98 Å². The number of fused-ring (bicyclic) bond motifs is 1. The molecule has 21 heavy (non-hydrogen) atoms. The molecule has 3 aromatic heterocycles. The molecular formula is C15H14N2O2S2. The number of carbonyl (C=O) groups is 1. The van der Waals surface area contributed by atoms with Crippen LogP contribution >= 0.6 is 22.7 Å². The van der Waals surface area contributed by atoms with Crippen LogP contribution in [-0.2, 0) is 13.0 Å². The molecule has 0 spiro atoms. The van der Waals surface area contributed by atoms with Crippen molar-refractivity contribution in [2.75, 3.05) is 0 Å². The Bertz CT molecular complexity index is 831. The van der Waals surface area contributed by atoms with E-state index in [2.05, 4.69) is 11.9 Å². The molecule has 4 nitrogen and oxygen atoms in total. The van der Waals surface area contributed by atoms with E-state index in [1.165, 1.54) is 27.1 Å². The molecule has 0 saturated carbocycles. The molecule has 3 aromatic rings. The van der Waals surface area contributed by atoms with Gasteiger partial charge in [0.1, 0.15) is 4.83 Å². The number of thiophene rings is 2. The minimum Gasteiger partial charge on any atom is -0.291 e. The number of Topliss-reactive ketones (excluding diaryl/α,β-unsaturated/α-hetero) is 1. The smallest absolute Gasteiger partial charge is 0.262 e. The molecule has 0 radical (unpaired) electrons. The van der Waals surface area contributed by atoms with Crippen molar-refractivity contribution in [2.45, 2.75) is 26.3 Å². The predicted molar refractivity (Wildman–Crippen MR) is 86.5 cm³/mol. The molecule has 0 aliphatic rings. The molecule has 0 saturated heterocycles. The second-order valence-electron chi connectivity index (χ2n) is 4.76. The molecular weight excluding hydrogens is 304 g/mol. The minimum atomic E-state index is -0.136. The summed E-state index contributed by atoms with van der Waals surface area (Å²) in [6.07, 6.45) is 3.47. The van der Waals surface area contributed by atoms with Crippen LogP contribution in [-0.4, -0.2) is 15.3 Å². The highest BCUT2D eigenvalue weighted by Crippen LogP contribution is 2.22. The lowest BCUT2D eigenvalue weighted by atomic mass is 10.2. The van der Waals surface area contributed by atoms with Crippen molar-refractivity contribution >= 4 is 38.7 Å². The number of hydrogen-bond donors (Lipinski definition) is 0. The van der Waals surface area contributed by atoms with Gasteiger partial charge < -0.3 is 0 Å². The molecule has 0 unspecified atom stereocenters. The Morgan fingerprint density at radius 2 is 2.29 bits per heavy atom. The average molecular weight is 318 g/mol. The third kappa shape index (κ3) is 2.82. The maximum atomic E-state index is 12.4. The van der Waals surface area contributed by atoms with E-state index < -0.39 is 0 Å². The largest absolute Gasteiger partial charge is 0.291 e. The molecule has 0 bridgehead atoms. The molecule has 0 atom stereocenters. The molecule has 0 N–H and O–H groups in total. The van der Waals surface area contributed by atoms with Crippen LogP contribution in [0.2, 0.25) is 0 Å². The fourth-order valence-electron chi connectivity index (χ4n) is 2.16. The van der Waals surface area contributed by atoms with E-state index in [4.69, 9.17) is 0 Å². The number of ketones is 1. The summed E-state index contributed by atoms with van der Waals surface area (Å²) < 4.78 is 1.40. The van der Waals surface area contributed by atoms with Crippen LogP contribution in [0.15, 0.2) is 34.7 Å². The topological polar surface area (TPSA) is 52.0 Å². The quantitative estimate of drug-likeness (QED) is 0.678. The molecule has 3 heterocycles. The average Bonchev–Trinajstić information content (AvgIpc) is 3.11. The summed E-state index contributed by atoms with van der Waals surface area (Å²) in [6.45, 7) is 2.15. The zero-order chi connectivity index (χ0) is 14.8. The summed E-state index contributed by atoms with van der Waals surface area (Å²) in [6, 6.07) is 5.51. The maximum Gasteiger partial charge on any atom is 0.262 e. The van der Waals surface area contributed by atoms with Gasteiger partial charge in [0.25, 0.3) is 5.56 Å². The van der Waals surface area contributed by atoms with Crippen LogP contribution in [0.1, 0.15) is 27.9 Å². The molecule has 108 valence electrons. The Kier molecular flexibility index (Phi) is 3.98. The van der Waals surface area contributed by atoms with E-state index in [0.29, 0.717) is 10.3 Å². The van der Waals surface area contributed by atoms with Crippen molar-refractivity contribution < 1.29 is 4.79 Å². The SMILES string of the molecule is CCCc1cc2c(=O)n(CC(=O)c3cccs3)cnc2s1. The number of aromatic nitrogens is 2. The lowest BCUT2D eigenvalue weighted by Crippen LogP contribution is -2.23. The van der Waals surface area contributed by atoms with Crippen molar-refractivity contribution in [3.8, 4) is 0 Å². The van der Waals surface area contributed by atoms with Gasteiger partial charge in [-0.2, -0.15) is 0 Å². The highest BCUT2D eigenvalue weighted by Gasteiger charge is 2.12. The summed E-state index contributed by atoms with van der Waals surface area (Å²) in [5.41, 5.74) is -0.136. The predicted octanol–water partition coefficient (Wildman–Crippen LogP) is 3.35. The van der Waals surface area contributed by atoms with Crippen molar-refractivity contribution in [3.63, 3.8) is 0 Å². The third-order valence-electron chi connectivity index (χ3n) is 3.18. The Balaban J connectivity index is 1.94. The summed E-state index contributed by atoms with van der Waals surface area (Å²) in [5, 5.41) is 2.47. The molecule has 0 amide bonds. The molecule has 6 heteroatoms. The molecule has 0 aliphatic carbocycles. The van der Waals surface area contributed by atoms with E-state index in [1.807, 2.05) is 17.5 Å². The first-order valence-electron chi connectivity index (χ1n) is 6.73. The van der Waals surface area contributed by atoms with Crippen LogP contribution < -0.4 is 5.56 Å². The first-order chi connectivity index (χ1) is 10.2. The molecule has 0 fully saturated rings. The lowest BCUT2D eigenvalue weighted by Gasteiger charge is -2.02. The molecule has 0 aromatic carbocycles. The summed E-state index contributed by atoms with van der Waals surface area (Å²) in [7, 11) is 0. The fraction of sp³-hybridized carbons (Fsp3) is 0.267. The van der Waals surface area contributed by atoms with Crippen LogP contribution in [0.25, 0.3) is 10.2 Å². The number of hydrogen-bond acceptors (Lipinski definition) is 5. The van der Waals surface area contributed by atoms with Crippen LogP contribution in [0.4, 0.5) is 0 Å². The van der Waals surface area contributed by atoms with Crippen molar-refractivity contribution in [1.82, 2.24) is 9.55 Å².